The first-order chi connectivity index (χ1) is 10.8. The topological polar surface area (TPSA) is 64.1 Å². The predicted octanol–water partition coefficient (Wildman–Crippen LogP) is 1.68. The molecule has 2 aliphatic rings. The first kappa shape index (κ1) is 14.6. The number of nitrogens with zero attached hydrogens (tertiary/aromatic N) is 1. The third-order valence-corrected chi connectivity index (χ3v) is 3.58. The van der Waals surface area contributed by atoms with E-state index in [1.54, 1.807) is 7.05 Å². The first-order valence-electron chi connectivity index (χ1n) is 7.50. The van der Waals surface area contributed by atoms with Crippen molar-refractivity contribution in [3.63, 3.8) is 0 Å². The van der Waals surface area contributed by atoms with Crippen LogP contribution >= 0.6 is 0 Å². The number of hydrogen-bond donors (Lipinski definition) is 2. The van der Waals surface area contributed by atoms with Gasteiger partial charge in [0.2, 0.25) is 6.79 Å². The van der Waals surface area contributed by atoms with Crippen LogP contribution in [0.1, 0.15) is 12.8 Å². The molecule has 0 fully saturated rings. The Morgan fingerprint density at radius 3 is 2.91 bits per heavy atom. The highest BCUT2D eigenvalue weighted by Crippen LogP contribution is 2.34. The van der Waals surface area contributed by atoms with E-state index in [2.05, 4.69) is 27.8 Å². The molecule has 1 aliphatic carbocycles. The minimum atomic E-state index is 0.276. The van der Waals surface area contributed by atoms with Crippen LogP contribution < -0.4 is 24.8 Å². The van der Waals surface area contributed by atoms with Crippen molar-refractivity contribution in [2.24, 2.45) is 4.99 Å². The van der Waals surface area contributed by atoms with Crippen LogP contribution in [0.25, 0.3) is 0 Å². The highest BCUT2D eigenvalue weighted by atomic mass is 16.7. The van der Waals surface area contributed by atoms with E-state index in [-0.39, 0.29) is 6.79 Å². The van der Waals surface area contributed by atoms with Gasteiger partial charge in [0.25, 0.3) is 0 Å². The summed E-state index contributed by atoms with van der Waals surface area (Å²) in [5.41, 5.74) is 0. The number of hydrogen-bond acceptors (Lipinski definition) is 4. The van der Waals surface area contributed by atoms with Crippen molar-refractivity contribution in [2.45, 2.75) is 18.9 Å². The van der Waals surface area contributed by atoms with Crippen molar-refractivity contribution in [3.8, 4) is 17.2 Å². The maximum absolute atomic E-state index is 5.70. The first-order valence-corrected chi connectivity index (χ1v) is 7.50. The van der Waals surface area contributed by atoms with Crippen LogP contribution in [0.2, 0.25) is 0 Å². The molecule has 1 aliphatic heterocycles. The fraction of sp³-hybridized carbons (Fsp3) is 0.438. The number of ether oxygens (including phenoxy) is 3. The van der Waals surface area contributed by atoms with Gasteiger partial charge in [-0.05, 0) is 25.0 Å². The summed E-state index contributed by atoms with van der Waals surface area (Å²) in [7, 11) is 1.77. The third-order valence-electron chi connectivity index (χ3n) is 3.58. The fourth-order valence-corrected chi connectivity index (χ4v) is 2.43. The molecule has 0 saturated heterocycles. The van der Waals surface area contributed by atoms with Gasteiger partial charge in [0.1, 0.15) is 12.4 Å². The molecule has 22 heavy (non-hydrogen) atoms. The molecule has 0 amide bonds. The zero-order valence-corrected chi connectivity index (χ0v) is 12.7. The van der Waals surface area contributed by atoms with E-state index in [9.17, 15) is 0 Å². The summed E-state index contributed by atoms with van der Waals surface area (Å²) in [5, 5.41) is 6.63. The molecule has 1 heterocycles. The van der Waals surface area contributed by atoms with Crippen LogP contribution in [0.5, 0.6) is 17.2 Å². The van der Waals surface area contributed by atoms with Crippen molar-refractivity contribution in [1.29, 1.82) is 0 Å². The Balaban J connectivity index is 1.39. The summed E-state index contributed by atoms with van der Waals surface area (Å²) in [4.78, 5) is 4.22. The van der Waals surface area contributed by atoms with E-state index < -0.39 is 0 Å². The SMILES string of the molecule is CN=C(NCCOc1ccc2c(c1)OCO2)NC1CC=CC1. The van der Waals surface area contributed by atoms with Crippen LogP contribution in [0.3, 0.4) is 0 Å². The summed E-state index contributed by atoms with van der Waals surface area (Å²) in [6.45, 7) is 1.50. The highest BCUT2D eigenvalue weighted by Gasteiger charge is 2.14. The van der Waals surface area contributed by atoms with Crippen LogP contribution in [0, 0.1) is 0 Å². The molecule has 3 rings (SSSR count). The molecular weight excluding hydrogens is 282 g/mol. The lowest BCUT2D eigenvalue weighted by molar-refractivity contribution is 0.173. The van der Waals surface area contributed by atoms with E-state index in [1.807, 2.05) is 18.2 Å². The fourth-order valence-electron chi connectivity index (χ4n) is 2.43. The Kier molecular flexibility index (Phi) is 4.68. The maximum atomic E-state index is 5.70. The Hall–Kier alpha value is -2.37. The molecule has 0 aromatic heterocycles. The molecule has 0 unspecified atom stereocenters. The summed E-state index contributed by atoms with van der Waals surface area (Å²) in [6.07, 6.45) is 6.48. The van der Waals surface area contributed by atoms with Gasteiger partial charge < -0.3 is 24.8 Å². The molecular formula is C16H21N3O3. The van der Waals surface area contributed by atoms with Crippen molar-refractivity contribution >= 4 is 5.96 Å². The zero-order valence-electron chi connectivity index (χ0n) is 12.7. The second-order valence-corrected chi connectivity index (χ2v) is 5.15. The summed E-state index contributed by atoms with van der Waals surface area (Å²) in [6, 6.07) is 6.03. The molecule has 0 radical (unpaired) electrons. The molecule has 1 aromatic carbocycles. The third kappa shape index (κ3) is 3.63. The lowest BCUT2D eigenvalue weighted by atomic mass is 10.2. The largest absolute Gasteiger partial charge is 0.492 e. The van der Waals surface area contributed by atoms with Gasteiger partial charge in [-0.3, -0.25) is 4.99 Å². The standard InChI is InChI=1S/C16H21N3O3/c1-17-16(19-12-4-2-3-5-12)18-8-9-20-13-6-7-14-15(10-13)22-11-21-14/h2-3,6-7,10,12H,4-5,8-9,11H2,1H3,(H2,17,18,19). The van der Waals surface area contributed by atoms with Gasteiger partial charge in [0, 0.05) is 19.2 Å². The summed E-state index contributed by atoms with van der Waals surface area (Å²) in [5.74, 6) is 3.08. The van der Waals surface area contributed by atoms with Gasteiger partial charge in [0.15, 0.2) is 17.5 Å². The average molecular weight is 303 g/mol. The predicted molar refractivity (Wildman–Crippen MR) is 84.7 cm³/mol. The molecule has 0 atom stereocenters. The normalized spacial score (nSPS) is 16.9. The number of guanidine groups is 1. The molecule has 2 N–H and O–H groups in total. The monoisotopic (exact) mass is 303 g/mol. The van der Waals surface area contributed by atoms with Gasteiger partial charge >= 0.3 is 0 Å². The zero-order chi connectivity index (χ0) is 15.2. The molecule has 6 heteroatoms. The minimum Gasteiger partial charge on any atom is -0.492 e. The minimum absolute atomic E-state index is 0.276. The van der Waals surface area contributed by atoms with Crippen LogP contribution in [-0.4, -0.2) is 39.0 Å². The van der Waals surface area contributed by atoms with Gasteiger partial charge in [-0.25, -0.2) is 0 Å². The van der Waals surface area contributed by atoms with Gasteiger partial charge in [-0.15, -0.1) is 0 Å². The van der Waals surface area contributed by atoms with E-state index in [1.165, 1.54) is 0 Å². The molecule has 0 bridgehead atoms. The maximum Gasteiger partial charge on any atom is 0.231 e. The highest BCUT2D eigenvalue weighted by molar-refractivity contribution is 5.80. The number of benzene rings is 1. The molecule has 0 spiro atoms. The summed E-state index contributed by atoms with van der Waals surface area (Å²) < 4.78 is 16.3. The molecule has 6 nitrogen and oxygen atoms in total. The van der Waals surface area contributed by atoms with E-state index in [0.29, 0.717) is 19.2 Å². The van der Waals surface area contributed by atoms with Crippen LogP contribution in [-0.2, 0) is 0 Å². The van der Waals surface area contributed by atoms with E-state index in [0.717, 1.165) is 36.0 Å². The quantitative estimate of drug-likeness (QED) is 0.375. The second kappa shape index (κ2) is 7.06. The van der Waals surface area contributed by atoms with Crippen molar-refractivity contribution in [3.05, 3.63) is 30.4 Å². The number of rotatable bonds is 5. The Bertz CT molecular complexity index is 564. The van der Waals surface area contributed by atoms with Crippen molar-refractivity contribution in [1.82, 2.24) is 10.6 Å². The van der Waals surface area contributed by atoms with Gasteiger partial charge in [-0.1, -0.05) is 12.2 Å². The lowest BCUT2D eigenvalue weighted by Crippen LogP contribution is -2.43. The van der Waals surface area contributed by atoms with Crippen LogP contribution in [0.4, 0.5) is 0 Å². The number of nitrogens with one attached hydrogen (secondary N) is 2. The average Bonchev–Trinajstić information content (AvgIpc) is 3.21. The lowest BCUT2D eigenvalue weighted by Gasteiger charge is -2.17. The molecule has 0 saturated carbocycles. The van der Waals surface area contributed by atoms with Crippen molar-refractivity contribution in [2.75, 3.05) is 27.0 Å². The number of fused-ring (bicyclic) bond motifs is 1. The van der Waals surface area contributed by atoms with E-state index in [4.69, 9.17) is 14.2 Å². The Morgan fingerprint density at radius 1 is 1.27 bits per heavy atom. The Labute approximate surface area is 130 Å². The van der Waals surface area contributed by atoms with Crippen LogP contribution in [0.15, 0.2) is 35.3 Å². The number of aliphatic imine (C=N–C) groups is 1. The van der Waals surface area contributed by atoms with Gasteiger partial charge in [-0.2, -0.15) is 0 Å². The smallest absolute Gasteiger partial charge is 0.231 e. The van der Waals surface area contributed by atoms with Crippen molar-refractivity contribution < 1.29 is 14.2 Å². The Morgan fingerprint density at radius 2 is 2.09 bits per heavy atom. The summed E-state index contributed by atoms with van der Waals surface area (Å²) >= 11 is 0. The molecule has 118 valence electrons. The van der Waals surface area contributed by atoms with Gasteiger partial charge in [0.05, 0.1) is 6.54 Å². The second-order valence-electron chi connectivity index (χ2n) is 5.15. The molecule has 1 aromatic rings. The van der Waals surface area contributed by atoms with E-state index >= 15 is 0 Å².